The molecule has 0 saturated heterocycles. The van der Waals surface area contributed by atoms with E-state index in [1.807, 2.05) is 0 Å². The van der Waals surface area contributed by atoms with Gasteiger partial charge in [-0.15, -0.1) is 0 Å². The molecule has 1 N–H and O–H groups in total. The maximum Gasteiger partial charge on any atom is 0.0587 e. The molecule has 2 heteroatoms. The Morgan fingerprint density at radius 2 is 1.93 bits per heavy atom. The van der Waals surface area contributed by atoms with Crippen molar-refractivity contribution >= 4 is 0 Å². The summed E-state index contributed by atoms with van der Waals surface area (Å²) in [4.78, 5) is 0. The minimum absolute atomic E-state index is 0.394. The van der Waals surface area contributed by atoms with Crippen LogP contribution in [0.5, 0.6) is 0 Å². The minimum Gasteiger partial charge on any atom is -0.383 e. The van der Waals surface area contributed by atoms with Gasteiger partial charge in [-0.05, 0) is 19.4 Å². The first kappa shape index (κ1) is 11.2. The molecule has 0 aliphatic rings. The van der Waals surface area contributed by atoms with Crippen molar-refractivity contribution < 1.29 is 4.74 Å². The smallest absolute Gasteiger partial charge is 0.0587 e. The molecule has 0 spiro atoms. The van der Waals surface area contributed by atoms with Crippen LogP contribution < -0.4 is 5.32 Å². The van der Waals surface area contributed by atoms with E-state index < -0.39 is 0 Å². The van der Waals surface area contributed by atoms with Crippen LogP contribution in [-0.2, 0) is 4.74 Å². The Bertz CT molecular complexity index is 256. The number of rotatable bonds is 5. The molecule has 0 heterocycles. The minimum atomic E-state index is 0.394. The number of hydrogen-bond donors (Lipinski definition) is 1. The Hall–Kier alpha value is -0.860. The first-order valence-corrected chi connectivity index (χ1v) is 5.03. The van der Waals surface area contributed by atoms with Gasteiger partial charge in [-0.2, -0.15) is 0 Å². The van der Waals surface area contributed by atoms with Gasteiger partial charge in [0.05, 0.1) is 6.61 Å². The first-order chi connectivity index (χ1) is 6.74. The zero-order valence-electron chi connectivity index (χ0n) is 9.21. The van der Waals surface area contributed by atoms with Crippen molar-refractivity contribution in [2.75, 3.05) is 20.3 Å². The first-order valence-electron chi connectivity index (χ1n) is 5.03. The number of benzene rings is 1. The van der Waals surface area contributed by atoms with E-state index in [4.69, 9.17) is 4.74 Å². The van der Waals surface area contributed by atoms with Crippen LogP contribution in [0.1, 0.15) is 24.1 Å². The molecule has 1 aromatic carbocycles. The molecular formula is C12H19NO. The summed E-state index contributed by atoms with van der Waals surface area (Å²) in [7, 11) is 1.72. The number of methoxy groups -OCH3 is 1. The summed E-state index contributed by atoms with van der Waals surface area (Å²) in [5.74, 6) is 0. The summed E-state index contributed by atoms with van der Waals surface area (Å²) < 4.78 is 4.98. The van der Waals surface area contributed by atoms with E-state index in [1.165, 1.54) is 11.1 Å². The van der Waals surface area contributed by atoms with E-state index in [0.29, 0.717) is 6.04 Å². The maximum absolute atomic E-state index is 4.98. The molecule has 0 bridgehead atoms. The van der Waals surface area contributed by atoms with Crippen molar-refractivity contribution in [2.45, 2.75) is 19.9 Å². The van der Waals surface area contributed by atoms with Crippen molar-refractivity contribution in [3.8, 4) is 0 Å². The lowest BCUT2D eigenvalue weighted by Gasteiger charge is -2.13. The molecule has 0 saturated carbocycles. The van der Waals surface area contributed by atoms with Gasteiger partial charge in [-0.1, -0.05) is 29.8 Å². The molecule has 0 aliphatic carbocycles. The van der Waals surface area contributed by atoms with Crippen LogP contribution in [-0.4, -0.2) is 20.3 Å². The molecule has 14 heavy (non-hydrogen) atoms. The van der Waals surface area contributed by atoms with Crippen molar-refractivity contribution in [2.24, 2.45) is 0 Å². The Morgan fingerprint density at radius 1 is 1.29 bits per heavy atom. The van der Waals surface area contributed by atoms with E-state index in [1.54, 1.807) is 7.11 Å². The fraction of sp³-hybridized carbons (Fsp3) is 0.500. The largest absolute Gasteiger partial charge is 0.383 e. The third kappa shape index (κ3) is 3.48. The van der Waals surface area contributed by atoms with Crippen LogP contribution in [0.3, 0.4) is 0 Å². The summed E-state index contributed by atoms with van der Waals surface area (Å²) in [6.07, 6.45) is 0. The average molecular weight is 193 g/mol. The Kier molecular flexibility index (Phi) is 4.63. The number of aryl methyl sites for hydroxylation is 1. The quantitative estimate of drug-likeness (QED) is 0.724. The number of ether oxygens (including phenoxy) is 1. The fourth-order valence-electron chi connectivity index (χ4n) is 1.35. The Morgan fingerprint density at radius 3 is 2.50 bits per heavy atom. The Labute approximate surface area is 86.3 Å². The van der Waals surface area contributed by atoms with Crippen molar-refractivity contribution in [3.63, 3.8) is 0 Å². The highest BCUT2D eigenvalue weighted by Crippen LogP contribution is 2.12. The molecule has 1 atom stereocenters. The second kappa shape index (κ2) is 5.78. The van der Waals surface area contributed by atoms with Crippen LogP contribution in [0.2, 0.25) is 0 Å². The third-order valence-electron chi connectivity index (χ3n) is 2.33. The van der Waals surface area contributed by atoms with E-state index in [2.05, 4.69) is 43.4 Å². The zero-order valence-corrected chi connectivity index (χ0v) is 9.21. The summed E-state index contributed by atoms with van der Waals surface area (Å²) in [6.45, 7) is 5.93. The second-order valence-electron chi connectivity index (χ2n) is 3.58. The molecule has 0 unspecified atom stereocenters. The van der Waals surface area contributed by atoms with Gasteiger partial charge in [-0.3, -0.25) is 0 Å². The molecule has 0 amide bonds. The van der Waals surface area contributed by atoms with Gasteiger partial charge in [0, 0.05) is 19.7 Å². The van der Waals surface area contributed by atoms with E-state index in [9.17, 15) is 0 Å². The van der Waals surface area contributed by atoms with Gasteiger partial charge in [0.1, 0.15) is 0 Å². The van der Waals surface area contributed by atoms with Crippen LogP contribution in [0.25, 0.3) is 0 Å². The van der Waals surface area contributed by atoms with Gasteiger partial charge in [0.2, 0.25) is 0 Å². The molecule has 1 rings (SSSR count). The second-order valence-corrected chi connectivity index (χ2v) is 3.58. The topological polar surface area (TPSA) is 21.3 Å². The lowest BCUT2D eigenvalue weighted by molar-refractivity contribution is 0.196. The monoisotopic (exact) mass is 193 g/mol. The predicted octanol–water partition coefficient (Wildman–Crippen LogP) is 2.29. The highest BCUT2D eigenvalue weighted by atomic mass is 16.5. The van der Waals surface area contributed by atoms with Crippen molar-refractivity contribution in [1.82, 2.24) is 5.32 Å². The molecule has 0 aromatic heterocycles. The van der Waals surface area contributed by atoms with Crippen LogP contribution in [0, 0.1) is 6.92 Å². The molecule has 2 nitrogen and oxygen atoms in total. The predicted molar refractivity (Wildman–Crippen MR) is 59.5 cm³/mol. The van der Waals surface area contributed by atoms with Crippen LogP contribution in [0.15, 0.2) is 24.3 Å². The zero-order chi connectivity index (χ0) is 10.4. The lowest BCUT2D eigenvalue weighted by atomic mass is 10.1. The average Bonchev–Trinajstić information content (AvgIpc) is 2.19. The van der Waals surface area contributed by atoms with E-state index >= 15 is 0 Å². The van der Waals surface area contributed by atoms with Crippen molar-refractivity contribution in [1.29, 1.82) is 0 Å². The number of nitrogens with one attached hydrogen (secondary N) is 1. The van der Waals surface area contributed by atoms with Crippen molar-refractivity contribution in [3.05, 3.63) is 35.4 Å². The molecular weight excluding hydrogens is 174 g/mol. The molecule has 0 fully saturated rings. The van der Waals surface area contributed by atoms with Crippen LogP contribution in [0.4, 0.5) is 0 Å². The summed E-state index contributed by atoms with van der Waals surface area (Å²) >= 11 is 0. The normalized spacial score (nSPS) is 12.8. The highest BCUT2D eigenvalue weighted by Gasteiger charge is 2.02. The molecule has 0 aliphatic heterocycles. The van der Waals surface area contributed by atoms with Gasteiger partial charge in [-0.25, -0.2) is 0 Å². The van der Waals surface area contributed by atoms with Gasteiger partial charge in [0.25, 0.3) is 0 Å². The third-order valence-corrected chi connectivity index (χ3v) is 2.33. The molecule has 1 aromatic rings. The van der Waals surface area contributed by atoms with Gasteiger partial charge in [0.15, 0.2) is 0 Å². The summed E-state index contributed by atoms with van der Waals surface area (Å²) in [5.41, 5.74) is 2.63. The van der Waals surface area contributed by atoms with Crippen LogP contribution >= 0.6 is 0 Å². The fourth-order valence-corrected chi connectivity index (χ4v) is 1.35. The summed E-state index contributed by atoms with van der Waals surface area (Å²) in [5, 5.41) is 3.39. The number of hydrogen-bond acceptors (Lipinski definition) is 2. The van der Waals surface area contributed by atoms with E-state index in [-0.39, 0.29) is 0 Å². The molecule has 0 radical (unpaired) electrons. The van der Waals surface area contributed by atoms with Gasteiger partial charge >= 0.3 is 0 Å². The lowest BCUT2D eigenvalue weighted by Crippen LogP contribution is -2.22. The van der Waals surface area contributed by atoms with Gasteiger partial charge < -0.3 is 10.1 Å². The maximum atomic E-state index is 4.98. The summed E-state index contributed by atoms with van der Waals surface area (Å²) in [6, 6.07) is 9.01. The standard InChI is InChI=1S/C12H19NO/c1-10-4-6-12(7-5-10)11(2)13-8-9-14-3/h4-7,11,13H,8-9H2,1-3H3/t11-/m0/s1. The SMILES string of the molecule is COCCN[C@@H](C)c1ccc(C)cc1. The highest BCUT2D eigenvalue weighted by molar-refractivity contribution is 5.23. The molecule has 78 valence electrons. The Balaban J connectivity index is 2.43. The van der Waals surface area contributed by atoms with E-state index in [0.717, 1.165) is 13.2 Å².